The van der Waals surface area contributed by atoms with E-state index >= 15 is 0 Å². The number of nitrogens with zero attached hydrogens (tertiary/aromatic N) is 1. The van der Waals surface area contributed by atoms with E-state index in [0.29, 0.717) is 28.1 Å². The van der Waals surface area contributed by atoms with Crippen molar-refractivity contribution >= 4 is 11.4 Å². The lowest BCUT2D eigenvalue weighted by Crippen LogP contribution is -2.21. The molecule has 0 bridgehead atoms. The summed E-state index contributed by atoms with van der Waals surface area (Å²) >= 11 is 0. The van der Waals surface area contributed by atoms with Gasteiger partial charge in [-0.05, 0) is 30.5 Å². The second-order valence-electron chi connectivity index (χ2n) is 5.04. The third-order valence-electron chi connectivity index (χ3n) is 3.18. The van der Waals surface area contributed by atoms with E-state index in [2.05, 4.69) is 0 Å². The van der Waals surface area contributed by atoms with Crippen LogP contribution >= 0.6 is 0 Å². The largest absolute Gasteiger partial charge is 0.873 e. The second kappa shape index (κ2) is 6.37. The van der Waals surface area contributed by atoms with Crippen LogP contribution in [-0.2, 0) is 4.84 Å². The van der Waals surface area contributed by atoms with Crippen molar-refractivity contribution in [3.8, 4) is 0 Å². The molecule has 0 amide bonds. The van der Waals surface area contributed by atoms with Gasteiger partial charge in [0.15, 0.2) is 5.76 Å². The number of rotatable bonds is 4. The van der Waals surface area contributed by atoms with Crippen LogP contribution in [-0.4, -0.2) is 10.4 Å². The average Bonchev–Trinajstić information content (AvgIpc) is 2.45. The number of hydrogen-bond donors (Lipinski definition) is 2. The summed E-state index contributed by atoms with van der Waals surface area (Å²) in [5.41, 5.74) is 7.21. The van der Waals surface area contributed by atoms with Gasteiger partial charge in [0.2, 0.25) is 0 Å². The Morgan fingerprint density at radius 3 is 2.76 bits per heavy atom. The lowest BCUT2D eigenvalue weighted by atomic mass is 10.0. The minimum Gasteiger partial charge on any atom is -0.873 e. The first-order valence-electron chi connectivity index (χ1n) is 6.77. The highest BCUT2D eigenvalue weighted by molar-refractivity contribution is 5.71. The molecule has 5 heteroatoms. The maximum Gasteiger partial charge on any atom is 0.155 e. The predicted octanol–water partition coefficient (Wildman–Crippen LogP) is 2.42. The van der Waals surface area contributed by atoms with Crippen LogP contribution in [0, 0.1) is 5.92 Å². The lowest BCUT2D eigenvalue weighted by Gasteiger charge is -2.25. The normalized spacial score (nSPS) is 18.8. The summed E-state index contributed by atoms with van der Waals surface area (Å²) < 4.78 is 0. The fourth-order valence-electron chi connectivity index (χ4n) is 2.09. The van der Waals surface area contributed by atoms with E-state index in [1.54, 1.807) is 30.3 Å². The Bertz CT molecular complexity index is 601. The average molecular weight is 287 g/mol. The molecule has 5 nitrogen and oxygen atoms in total. The van der Waals surface area contributed by atoms with Crippen LogP contribution < -0.4 is 10.8 Å². The smallest absolute Gasteiger partial charge is 0.155 e. The van der Waals surface area contributed by atoms with E-state index in [9.17, 15) is 10.3 Å². The number of hydroxylamine groups is 2. The van der Waals surface area contributed by atoms with Crippen molar-refractivity contribution in [3.05, 3.63) is 59.5 Å². The lowest BCUT2D eigenvalue weighted by molar-refractivity contribution is -0.314. The highest BCUT2D eigenvalue weighted by Gasteiger charge is 2.15. The Morgan fingerprint density at radius 1 is 1.43 bits per heavy atom. The fraction of sp³-hybridized carbons (Fsp3) is 0.250. The van der Waals surface area contributed by atoms with Gasteiger partial charge in [-0.1, -0.05) is 49.1 Å². The monoisotopic (exact) mass is 287 g/mol. The number of hydrogen-bond acceptors (Lipinski definition) is 5. The predicted molar refractivity (Wildman–Crippen MR) is 79.2 cm³/mol. The number of nitrogen functional groups attached to an aromatic ring is 1. The standard InChI is InChI=1S/C16H20N2O3/c1-11-6-5-7-13(10-11)18(20)21-16(12(2)19)14-8-3-4-9-15(14)17/h3-5,7-11,19-20H,6,17H2,1-2H3/p-1/b16-12-. The van der Waals surface area contributed by atoms with Crippen molar-refractivity contribution in [2.75, 3.05) is 5.73 Å². The van der Waals surface area contributed by atoms with Crippen molar-refractivity contribution in [1.82, 2.24) is 5.23 Å². The van der Waals surface area contributed by atoms with E-state index in [4.69, 9.17) is 10.6 Å². The van der Waals surface area contributed by atoms with Crippen LogP contribution in [0.4, 0.5) is 5.69 Å². The Hall–Kier alpha value is -2.40. The van der Waals surface area contributed by atoms with Crippen LogP contribution in [0.15, 0.2) is 53.9 Å². The van der Waals surface area contributed by atoms with Crippen LogP contribution in [0.25, 0.3) is 5.76 Å². The molecule has 0 radical (unpaired) electrons. The van der Waals surface area contributed by atoms with Gasteiger partial charge in [0.05, 0.1) is 0 Å². The van der Waals surface area contributed by atoms with Gasteiger partial charge in [-0.2, -0.15) is 0 Å². The van der Waals surface area contributed by atoms with Gasteiger partial charge in [0.25, 0.3) is 0 Å². The summed E-state index contributed by atoms with van der Waals surface area (Å²) in [6, 6.07) is 6.86. The Kier molecular flexibility index (Phi) is 4.55. The van der Waals surface area contributed by atoms with Crippen molar-refractivity contribution in [2.24, 2.45) is 5.92 Å². The van der Waals surface area contributed by atoms with Gasteiger partial charge in [0, 0.05) is 11.3 Å². The summed E-state index contributed by atoms with van der Waals surface area (Å²) in [6.45, 7) is 3.39. The molecule has 1 aliphatic rings. The van der Waals surface area contributed by atoms with Crippen LogP contribution in [0.3, 0.4) is 0 Å². The van der Waals surface area contributed by atoms with Crippen molar-refractivity contribution < 1.29 is 15.2 Å². The minimum absolute atomic E-state index is 0.00289. The van der Waals surface area contributed by atoms with E-state index in [-0.39, 0.29) is 11.5 Å². The van der Waals surface area contributed by atoms with Gasteiger partial charge >= 0.3 is 0 Å². The van der Waals surface area contributed by atoms with Crippen molar-refractivity contribution in [3.63, 3.8) is 0 Å². The van der Waals surface area contributed by atoms with Crippen LogP contribution in [0.1, 0.15) is 25.8 Å². The highest BCUT2D eigenvalue weighted by Crippen LogP contribution is 2.27. The summed E-state index contributed by atoms with van der Waals surface area (Å²) in [7, 11) is 0. The maximum atomic E-state index is 11.8. The number of para-hydroxylation sites is 1. The third-order valence-corrected chi connectivity index (χ3v) is 3.18. The molecule has 3 N–H and O–H groups in total. The highest BCUT2D eigenvalue weighted by atomic mass is 16.9. The van der Waals surface area contributed by atoms with E-state index in [0.717, 1.165) is 6.42 Å². The van der Waals surface area contributed by atoms with Crippen LogP contribution in [0.2, 0.25) is 0 Å². The molecular formula is C16H19N2O3-. The van der Waals surface area contributed by atoms with Gasteiger partial charge in [-0.25, -0.2) is 0 Å². The molecule has 0 spiro atoms. The molecule has 0 aromatic heterocycles. The topological polar surface area (TPSA) is 81.8 Å². The summed E-state index contributed by atoms with van der Waals surface area (Å²) in [6.07, 6.45) is 6.46. The zero-order valence-corrected chi connectivity index (χ0v) is 12.1. The van der Waals surface area contributed by atoms with Gasteiger partial charge in [-0.15, -0.1) is 0 Å². The zero-order valence-electron chi connectivity index (χ0n) is 12.1. The quantitative estimate of drug-likeness (QED) is 0.505. The van der Waals surface area contributed by atoms with Crippen LogP contribution in [0.5, 0.6) is 0 Å². The number of nitrogens with two attached hydrogens (primary N) is 1. The van der Waals surface area contributed by atoms with Gasteiger partial charge in [-0.3, -0.25) is 5.21 Å². The first-order chi connectivity index (χ1) is 9.99. The van der Waals surface area contributed by atoms with E-state index in [1.165, 1.54) is 6.92 Å². The van der Waals surface area contributed by atoms with Gasteiger partial charge < -0.3 is 15.7 Å². The molecule has 0 saturated heterocycles. The number of benzene rings is 1. The zero-order chi connectivity index (χ0) is 15.4. The molecule has 2 rings (SSSR count). The molecule has 1 unspecified atom stereocenters. The Morgan fingerprint density at radius 2 is 2.14 bits per heavy atom. The maximum absolute atomic E-state index is 11.8. The van der Waals surface area contributed by atoms with Crippen molar-refractivity contribution in [1.29, 1.82) is 0 Å². The fourth-order valence-corrected chi connectivity index (χ4v) is 2.09. The molecular weight excluding hydrogens is 268 g/mol. The minimum atomic E-state index is -0.319. The first-order valence-corrected chi connectivity index (χ1v) is 6.77. The molecule has 112 valence electrons. The molecule has 0 saturated carbocycles. The van der Waals surface area contributed by atoms with Crippen molar-refractivity contribution in [2.45, 2.75) is 20.3 Å². The summed E-state index contributed by atoms with van der Waals surface area (Å²) in [4.78, 5) is 5.32. The third kappa shape index (κ3) is 3.58. The van der Waals surface area contributed by atoms with Gasteiger partial charge in [0.1, 0.15) is 5.70 Å². The SMILES string of the molecule is C/C([O-])=C(/ON(O)C1=CC(C)CC=C1)c1ccccc1N. The molecule has 21 heavy (non-hydrogen) atoms. The van der Waals surface area contributed by atoms with E-state index < -0.39 is 0 Å². The summed E-state index contributed by atoms with van der Waals surface area (Å²) in [5, 5.41) is 22.4. The Balaban J connectivity index is 2.25. The number of allylic oxidation sites excluding steroid dienone is 4. The second-order valence-corrected chi connectivity index (χ2v) is 5.04. The Labute approximate surface area is 124 Å². The molecule has 1 aromatic carbocycles. The molecule has 1 atom stereocenters. The molecule has 1 aromatic rings. The summed E-state index contributed by atoms with van der Waals surface area (Å²) in [5.74, 6) is -0.0191. The van der Waals surface area contributed by atoms with E-state index in [1.807, 2.05) is 19.1 Å². The molecule has 0 heterocycles. The number of anilines is 1. The first kappa shape index (κ1) is 15.0. The molecule has 0 fully saturated rings. The molecule has 0 aliphatic heterocycles. The molecule has 1 aliphatic carbocycles.